The van der Waals surface area contributed by atoms with Crippen LogP contribution in [0.25, 0.3) is 0 Å². The largest absolute Gasteiger partial charge is 0.480 e. The van der Waals surface area contributed by atoms with Crippen molar-refractivity contribution in [2.24, 2.45) is 5.92 Å². The number of aliphatic carboxylic acids is 1. The van der Waals surface area contributed by atoms with Gasteiger partial charge in [-0.25, -0.2) is 4.79 Å². The topological polar surface area (TPSA) is 116 Å². The molecular formula is C21H29N3O6. The minimum absolute atomic E-state index is 0.0780. The van der Waals surface area contributed by atoms with E-state index in [1.54, 1.807) is 29.2 Å². The predicted octanol–water partition coefficient (Wildman–Crippen LogP) is 0.524. The van der Waals surface area contributed by atoms with Gasteiger partial charge in [0, 0.05) is 32.9 Å². The minimum Gasteiger partial charge on any atom is -0.480 e. The van der Waals surface area contributed by atoms with Crippen molar-refractivity contribution in [3.63, 3.8) is 0 Å². The molecule has 30 heavy (non-hydrogen) atoms. The normalized spacial score (nSPS) is 17.1. The lowest BCUT2D eigenvalue weighted by atomic mass is 10.0. The zero-order valence-electron chi connectivity index (χ0n) is 17.6. The van der Waals surface area contributed by atoms with E-state index in [4.69, 9.17) is 4.74 Å². The zero-order chi connectivity index (χ0) is 22.3. The maximum absolute atomic E-state index is 12.6. The van der Waals surface area contributed by atoms with Gasteiger partial charge in [0.2, 0.25) is 11.8 Å². The van der Waals surface area contributed by atoms with Crippen molar-refractivity contribution in [3.05, 3.63) is 29.8 Å². The number of nitrogens with zero attached hydrogens (tertiary/aromatic N) is 2. The van der Waals surface area contributed by atoms with E-state index in [1.165, 1.54) is 6.92 Å². The number of ether oxygens (including phenoxy) is 1. The molecule has 1 saturated heterocycles. The van der Waals surface area contributed by atoms with Crippen molar-refractivity contribution in [2.45, 2.75) is 32.2 Å². The average molecular weight is 419 g/mol. The summed E-state index contributed by atoms with van der Waals surface area (Å²) >= 11 is 0. The molecule has 0 bridgehead atoms. The highest BCUT2D eigenvalue weighted by Gasteiger charge is 2.35. The molecule has 0 aliphatic carbocycles. The number of carbonyl (C=O) groups excluding carboxylic acids is 3. The molecule has 0 aromatic heterocycles. The van der Waals surface area contributed by atoms with Gasteiger partial charge in [-0.1, -0.05) is 12.1 Å². The monoisotopic (exact) mass is 419 g/mol. The van der Waals surface area contributed by atoms with Crippen LogP contribution >= 0.6 is 0 Å². The summed E-state index contributed by atoms with van der Waals surface area (Å²) in [6, 6.07) is 5.31. The van der Waals surface area contributed by atoms with Gasteiger partial charge < -0.3 is 25.0 Å². The van der Waals surface area contributed by atoms with Crippen molar-refractivity contribution in [1.29, 1.82) is 0 Å². The predicted molar refractivity (Wildman–Crippen MR) is 109 cm³/mol. The molecule has 1 aromatic rings. The second-order valence-corrected chi connectivity index (χ2v) is 7.74. The molecule has 1 aliphatic rings. The molecule has 1 aromatic carbocycles. The fourth-order valence-corrected chi connectivity index (χ4v) is 3.33. The SMILES string of the molecule is CC(=O)Oc1ccc(CC(NC(=O)C2CC(=O)N(CCCN(C)C)C2)C(=O)O)cc1. The Balaban J connectivity index is 1.91. The Morgan fingerprint density at radius 2 is 1.93 bits per heavy atom. The molecule has 0 saturated carbocycles. The second kappa shape index (κ2) is 10.7. The first kappa shape index (κ1) is 23.3. The van der Waals surface area contributed by atoms with E-state index in [0.717, 1.165) is 13.0 Å². The summed E-state index contributed by atoms with van der Waals surface area (Å²) < 4.78 is 4.95. The van der Waals surface area contributed by atoms with Gasteiger partial charge in [0.05, 0.1) is 5.92 Å². The third-order valence-corrected chi connectivity index (χ3v) is 4.86. The van der Waals surface area contributed by atoms with Gasteiger partial charge in [-0.2, -0.15) is 0 Å². The molecule has 1 fully saturated rings. The molecule has 1 heterocycles. The quantitative estimate of drug-likeness (QED) is 0.420. The number of benzene rings is 1. The van der Waals surface area contributed by atoms with Crippen molar-refractivity contribution >= 4 is 23.8 Å². The minimum atomic E-state index is -1.15. The van der Waals surface area contributed by atoms with E-state index in [0.29, 0.717) is 24.4 Å². The van der Waals surface area contributed by atoms with Gasteiger partial charge in [-0.15, -0.1) is 0 Å². The maximum Gasteiger partial charge on any atom is 0.326 e. The molecule has 2 unspecified atom stereocenters. The maximum atomic E-state index is 12.6. The van der Waals surface area contributed by atoms with Gasteiger partial charge in [-0.05, 0) is 44.8 Å². The van der Waals surface area contributed by atoms with Crippen LogP contribution < -0.4 is 10.1 Å². The van der Waals surface area contributed by atoms with Crippen LogP contribution in [0.3, 0.4) is 0 Å². The molecule has 2 N–H and O–H groups in total. The molecule has 2 rings (SSSR count). The summed E-state index contributed by atoms with van der Waals surface area (Å²) in [5.41, 5.74) is 0.673. The van der Waals surface area contributed by atoms with Gasteiger partial charge in [0.25, 0.3) is 0 Å². The Hall–Kier alpha value is -2.94. The summed E-state index contributed by atoms with van der Waals surface area (Å²) in [4.78, 5) is 51.0. The summed E-state index contributed by atoms with van der Waals surface area (Å²) in [6.07, 6.45) is 0.986. The van der Waals surface area contributed by atoms with E-state index < -0.39 is 29.8 Å². The number of likely N-dealkylation sites (tertiary alicyclic amines) is 1. The van der Waals surface area contributed by atoms with E-state index in [2.05, 4.69) is 5.32 Å². The van der Waals surface area contributed by atoms with Crippen LogP contribution in [0, 0.1) is 5.92 Å². The highest BCUT2D eigenvalue weighted by Crippen LogP contribution is 2.19. The fraction of sp³-hybridized carbons (Fsp3) is 0.524. The molecule has 2 amide bonds. The number of amides is 2. The smallest absolute Gasteiger partial charge is 0.326 e. The van der Waals surface area contributed by atoms with Crippen molar-refractivity contribution in [1.82, 2.24) is 15.1 Å². The molecule has 9 nitrogen and oxygen atoms in total. The summed E-state index contributed by atoms with van der Waals surface area (Å²) in [5.74, 6) is -2.30. The number of hydrogen-bond acceptors (Lipinski definition) is 6. The molecule has 2 atom stereocenters. The standard InChI is InChI=1S/C21H29N3O6/c1-14(25)30-17-7-5-15(6-8-17)11-18(21(28)29)22-20(27)16-12-19(26)24(13-16)10-4-9-23(2)3/h5-8,16,18H,4,9-13H2,1-3H3,(H,22,27)(H,28,29). The number of nitrogens with one attached hydrogen (secondary N) is 1. The lowest BCUT2D eigenvalue weighted by Crippen LogP contribution is -2.45. The number of carbonyl (C=O) groups is 4. The Labute approximate surface area is 176 Å². The average Bonchev–Trinajstić information content (AvgIpc) is 3.02. The first-order chi connectivity index (χ1) is 14.2. The highest BCUT2D eigenvalue weighted by molar-refractivity contribution is 5.91. The summed E-state index contributed by atoms with van der Waals surface area (Å²) in [5, 5.41) is 12.1. The Morgan fingerprint density at radius 1 is 1.27 bits per heavy atom. The third-order valence-electron chi connectivity index (χ3n) is 4.86. The second-order valence-electron chi connectivity index (χ2n) is 7.74. The van der Waals surface area contributed by atoms with Crippen molar-refractivity contribution < 1.29 is 29.0 Å². The lowest BCUT2D eigenvalue weighted by molar-refractivity contribution is -0.142. The van der Waals surface area contributed by atoms with Gasteiger partial charge >= 0.3 is 11.9 Å². The van der Waals surface area contributed by atoms with Gasteiger partial charge in [0.1, 0.15) is 11.8 Å². The molecular weight excluding hydrogens is 390 g/mol. The van der Waals surface area contributed by atoms with Crippen LogP contribution in [0.1, 0.15) is 25.3 Å². The first-order valence-electron chi connectivity index (χ1n) is 9.88. The summed E-state index contributed by atoms with van der Waals surface area (Å²) in [6.45, 7) is 3.03. The lowest BCUT2D eigenvalue weighted by Gasteiger charge is -2.19. The van der Waals surface area contributed by atoms with Crippen molar-refractivity contribution in [3.8, 4) is 5.75 Å². The Morgan fingerprint density at radius 3 is 2.50 bits per heavy atom. The molecule has 1 aliphatic heterocycles. The van der Waals surface area contributed by atoms with Gasteiger partial charge in [-0.3, -0.25) is 14.4 Å². The van der Waals surface area contributed by atoms with Gasteiger partial charge in [0.15, 0.2) is 0 Å². The van der Waals surface area contributed by atoms with Crippen LogP contribution in [-0.4, -0.2) is 78.4 Å². The summed E-state index contributed by atoms with van der Waals surface area (Å²) in [7, 11) is 3.91. The molecule has 0 spiro atoms. The van der Waals surface area contributed by atoms with E-state index in [9.17, 15) is 24.3 Å². The van der Waals surface area contributed by atoms with E-state index in [-0.39, 0.29) is 18.7 Å². The number of rotatable bonds is 10. The number of esters is 1. The van der Waals surface area contributed by atoms with Crippen LogP contribution in [-0.2, 0) is 25.6 Å². The van der Waals surface area contributed by atoms with Crippen LogP contribution in [0.2, 0.25) is 0 Å². The molecule has 0 radical (unpaired) electrons. The first-order valence-corrected chi connectivity index (χ1v) is 9.88. The number of carboxylic acids is 1. The van der Waals surface area contributed by atoms with Crippen LogP contribution in [0.15, 0.2) is 24.3 Å². The Bertz CT molecular complexity index is 777. The van der Waals surface area contributed by atoms with E-state index >= 15 is 0 Å². The number of hydrogen-bond donors (Lipinski definition) is 2. The van der Waals surface area contributed by atoms with Crippen LogP contribution in [0.4, 0.5) is 0 Å². The van der Waals surface area contributed by atoms with Crippen molar-refractivity contribution in [2.75, 3.05) is 33.7 Å². The highest BCUT2D eigenvalue weighted by atomic mass is 16.5. The zero-order valence-corrected chi connectivity index (χ0v) is 17.6. The Kier molecular flexibility index (Phi) is 8.35. The van der Waals surface area contributed by atoms with Crippen LogP contribution in [0.5, 0.6) is 5.75 Å². The van der Waals surface area contributed by atoms with E-state index in [1.807, 2.05) is 19.0 Å². The molecule has 164 valence electrons. The number of carboxylic acid groups (broad SMARTS) is 1. The fourth-order valence-electron chi connectivity index (χ4n) is 3.33. The molecule has 9 heteroatoms. The third kappa shape index (κ3) is 7.14.